The molecule has 0 fully saturated rings. The number of aromatic nitrogens is 1. The molecule has 0 unspecified atom stereocenters. The van der Waals surface area contributed by atoms with Gasteiger partial charge in [0, 0.05) is 23.9 Å². The Hall–Kier alpha value is -1.68. The molecule has 2 rings (SSSR count). The predicted molar refractivity (Wildman–Crippen MR) is 72.5 cm³/mol. The van der Waals surface area contributed by atoms with E-state index in [2.05, 4.69) is 11.2 Å². The van der Waals surface area contributed by atoms with E-state index in [1.165, 1.54) is 0 Å². The Morgan fingerprint density at radius 2 is 1.78 bits per heavy atom. The number of nitrogens with zero attached hydrogens (tertiary/aromatic N) is 1. The molecule has 93 valence electrons. The quantitative estimate of drug-likeness (QED) is 0.848. The molecule has 1 heterocycles. The second-order valence-corrected chi connectivity index (χ2v) is 5.96. The van der Waals surface area contributed by atoms with Crippen LogP contribution < -0.4 is 0 Å². The van der Waals surface area contributed by atoms with Crippen LogP contribution in [0.4, 0.5) is 0 Å². The summed E-state index contributed by atoms with van der Waals surface area (Å²) in [4.78, 5) is 4.27. The molecule has 1 aromatic carbocycles. The lowest BCUT2D eigenvalue weighted by atomic mass is 10.0. The molecule has 0 bridgehead atoms. The summed E-state index contributed by atoms with van der Waals surface area (Å²) in [7, 11) is -3.21. The molecule has 0 aliphatic heterocycles. The van der Waals surface area contributed by atoms with E-state index in [0.717, 1.165) is 16.8 Å². The third-order valence-corrected chi connectivity index (χ3v) is 3.45. The van der Waals surface area contributed by atoms with Crippen molar-refractivity contribution in [3.8, 4) is 11.1 Å². The summed E-state index contributed by atoms with van der Waals surface area (Å²) < 4.78 is 22.2. The largest absolute Gasteiger partial charge is 0.261 e. The zero-order valence-corrected chi connectivity index (χ0v) is 10.7. The summed E-state index contributed by atoms with van der Waals surface area (Å²) in [6, 6.07) is 13.6. The van der Waals surface area contributed by atoms with Gasteiger partial charge in [0.15, 0.2) is 9.84 Å². The van der Waals surface area contributed by atoms with E-state index in [1.54, 1.807) is 6.20 Å². The van der Waals surface area contributed by atoms with Crippen molar-refractivity contribution >= 4 is 9.84 Å². The number of benzene rings is 1. The smallest absolute Gasteiger partial charge is 0.151 e. The fourth-order valence-electron chi connectivity index (χ4n) is 1.77. The number of sulfone groups is 1. The van der Waals surface area contributed by atoms with Gasteiger partial charge in [0.05, 0.1) is 12.0 Å². The summed E-state index contributed by atoms with van der Waals surface area (Å²) in [5.74, 6) is 0.0177. The maximum absolute atomic E-state index is 11.1. The Kier molecular flexibility index (Phi) is 3.77. The van der Waals surface area contributed by atoms with Crippen LogP contribution in [-0.4, -0.2) is 19.2 Å². The summed E-state index contributed by atoms with van der Waals surface area (Å²) >= 11 is 0. The van der Waals surface area contributed by atoms with Gasteiger partial charge in [0.25, 0.3) is 0 Å². The molecule has 0 spiro atoms. The van der Waals surface area contributed by atoms with Gasteiger partial charge in [-0.2, -0.15) is 0 Å². The Labute approximate surface area is 107 Å². The first kappa shape index (κ1) is 12.8. The molecular formula is C14H14NO2S. The van der Waals surface area contributed by atoms with Gasteiger partial charge >= 0.3 is 0 Å². The zero-order chi connectivity index (χ0) is 13.0. The number of rotatable bonds is 4. The second-order valence-electron chi connectivity index (χ2n) is 4.06. The van der Waals surface area contributed by atoms with Gasteiger partial charge in [-0.1, -0.05) is 36.4 Å². The Morgan fingerprint density at radius 3 is 2.44 bits per heavy atom. The van der Waals surface area contributed by atoms with Crippen LogP contribution in [0.1, 0.15) is 5.69 Å². The molecule has 0 saturated carbocycles. The van der Waals surface area contributed by atoms with Crippen LogP contribution in [0.2, 0.25) is 0 Å². The Balaban J connectivity index is 2.32. The summed E-state index contributed by atoms with van der Waals surface area (Å²) in [6.07, 6.45) is 5.20. The third kappa shape index (κ3) is 3.40. The summed E-state index contributed by atoms with van der Waals surface area (Å²) in [5, 5.41) is 0. The van der Waals surface area contributed by atoms with Crippen molar-refractivity contribution in [1.29, 1.82) is 0 Å². The van der Waals surface area contributed by atoms with Crippen molar-refractivity contribution in [3.05, 3.63) is 60.6 Å². The number of hydrogen-bond donors (Lipinski definition) is 0. The molecular weight excluding hydrogens is 246 g/mol. The average Bonchev–Trinajstić information content (AvgIpc) is 2.37. The lowest BCUT2D eigenvalue weighted by Gasteiger charge is -2.07. The molecule has 0 aliphatic carbocycles. The van der Waals surface area contributed by atoms with E-state index in [-0.39, 0.29) is 5.75 Å². The standard InChI is InChI=1S/C14H14NO2S/c1-18(16,17)11-9-14-13(8-5-10-15-14)12-6-3-2-4-7-12/h2-8,10H,1,9,11H2. The van der Waals surface area contributed by atoms with Crippen LogP contribution in [0.3, 0.4) is 0 Å². The van der Waals surface area contributed by atoms with Gasteiger partial charge in [0.1, 0.15) is 0 Å². The van der Waals surface area contributed by atoms with Crippen LogP contribution in [0.5, 0.6) is 0 Å². The fourth-order valence-corrected chi connectivity index (χ4v) is 2.27. The summed E-state index contributed by atoms with van der Waals surface area (Å²) in [6.45, 7) is 0. The molecule has 18 heavy (non-hydrogen) atoms. The van der Waals surface area contributed by atoms with Gasteiger partial charge in [-0.15, -0.1) is 0 Å². The van der Waals surface area contributed by atoms with E-state index < -0.39 is 9.84 Å². The van der Waals surface area contributed by atoms with E-state index in [0.29, 0.717) is 6.42 Å². The molecule has 0 aliphatic rings. The van der Waals surface area contributed by atoms with Crippen molar-refractivity contribution in [2.75, 3.05) is 5.75 Å². The summed E-state index contributed by atoms with van der Waals surface area (Å²) in [5.41, 5.74) is 2.81. The molecule has 3 nitrogen and oxygen atoms in total. The highest BCUT2D eigenvalue weighted by Gasteiger charge is 2.09. The second kappa shape index (κ2) is 5.31. The molecule has 1 aromatic heterocycles. The molecule has 4 heteroatoms. The van der Waals surface area contributed by atoms with Gasteiger partial charge < -0.3 is 0 Å². The highest BCUT2D eigenvalue weighted by Crippen LogP contribution is 2.22. The van der Waals surface area contributed by atoms with Crippen LogP contribution in [0, 0.1) is 6.26 Å². The van der Waals surface area contributed by atoms with E-state index in [1.807, 2.05) is 42.5 Å². The normalized spacial score (nSPS) is 11.4. The van der Waals surface area contributed by atoms with Gasteiger partial charge in [-0.05, 0) is 11.6 Å². The van der Waals surface area contributed by atoms with Crippen LogP contribution in [0.15, 0.2) is 48.7 Å². The molecule has 0 saturated heterocycles. The first-order valence-electron chi connectivity index (χ1n) is 5.61. The lowest BCUT2D eigenvalue weighted by Crippen LogP contribution is -2.06. The monoisotopic (exact) mass is 260 g/mol. The molecule has 1 radical (unpaired) electrons. The minimum Gasteiger partial charge on any atom is -0.261 e. The number of pyridine rings is 1. The molecule has 0 N–H and O–H groups in total. The minimum atomic E-state index is -3.21. The minimum absolute atomic E-state index is 0.0177. The highest BCUT2D eigenvalue weighted by molar-refractivity contribution is 7.92. The van der Waals surface area contributed by atoms with Crippen molar-refractivity contribution < 1.29 is 8.42 Å². The molecule has 2 aromatic rings. The highest BCUT2D eigenvalue weighted by atomic mass is 32.2. The maximum atomic E-state index is 11.1. The van der Waals surface area contributed by atoms with Crippen molar-refractivity contribution in [2.24, 2.45) is 0 Å². The van der Waals surface area contributed by atoms with Gasteiger partial charge in [-0.3, -0.25) is 4.98 Å². The van der Waals surface area contributed by atoms with Crippen molar-refractivity contribution in [2.45, 2.75) is 6.42 Å². The Bertz CT molecular complexity index is 621. The Morgan fingerprint density at radius 1 is 1.06 bits per heavy atom. The number of aryl methyl sites for hydroxylation is 1. The average molecular weight is 260 g/mol. The zero-order valence-electron chi connectivity index (χ0n) is 9.91. The van der Waals surface area contributed by atoms with E-state index in [4.69, 9.17) is 0 Å². The first-order valence-corrected chi connectivity index (χ1v) is 7.43. The number of hydrogen-bond acceptors (Lipinski definition) is 3. The first-order chi connectivity index (χ1) is 8.56. The maximum Gasteiger partial charge on any atom is 0.151 e. The van der Waals surface area contributed by atoms with Gasteiger partial charge in [-0.25, -0.2) is 8.42 Å². The third-order valence-electron chi connectivity index (χ3n) is 2.62. The van der Waals surface area contributed by atoms with Gasteiger partial charge in [0.2, 0.25) is 0 Å². The van der Waals surface area contributed by atoms with Crippen LogP contribution >= 0.6 is 0 Å². The fraction of sp³-hybridized carbons (Fsp3) is 0.143. The predicted octanol–water partition coefficient (Wildman–Crippen LogP) is 2.50. The topological polar surface area (TPSA) is 47.0 Å². The SMILES string of the molecule is [CH2]S(=O)(=O)CCc1ncccc1-c1ccccc1. The van der Waals surface area contributed by atoms with E-state index in [9.17, 15) is 8.42 Å². The molecule has 0 atom stereocenters. The van der Waals surface area contributed by atoms with Crippen LogP contribution in [-0.2, 0) is 16.3 Å². The molecule has 0 amide bonds. The van der Waals surface area contributed by atoms with Crippen molar-refractivity contribution in [1.82, 2.24) is 4.98 Å². The van der Waals surface area contributed by atoms with E-state index >= 15 is 0 Å². The van der Waals surface area contributed by atoms with Crippen LogP contribution in [0.25, 0.3) is 11.1 Å². The van der Waals surface area contributed by atoms with Crippen molar-refractivity contribution in [3.63, 3.8) is 0 Å². The lowest BCUT2D eigenvalue weighted by molar-refractivity contribution is 0.603.